The standard InChI is InChI=1S/C25H24N6O2/c1-26-25(33)19-14-28-23(16-5-3-2-4-6-16)30-20(19)11-12-27-24(32)17-7-10-22-21(13-17)29-15-31(22)18-8-9-18/h2-7,10,13-15,18H,8-9,11-12H2,1H3,(H,26,33)(H,27,32). The van der Waals surface area contributed by atoms with Crippen LogP contribution in [0, 0.1) is 0 Å². The fourth-order valence-corrected chi connectivity index (χ4v) is 3.87. The van der Waals surface area contributed by atoms with Crippen LogP contribution in [-0.4, -0.2) is 44.9 Å². The van der Waals surface area contributed by atoms with Crippen LogP contribution in [0.15, 0.2) is 61.1 Å². The molecule has 0 radical (unpaired) electrons. The van der Waals surface area contributed by atoms with Crippen molar-refractivity contribution in [3.8, 4) is 11.4 Å². The normalized spacial score (nSPS) is 13.1. The van der Waals surface area contributed by atoms with Crippen molar-refractivity contribution in [3.63, 3.8) is 0 Å². The van der Waals surface area contributed by atoms with Crippen LogP contribution in [-0.2, 0) is 6.42 Å². The number of nitrogens with zero attached hydrogens (tertiary/aromatic N) is 4. The Bertz CT molecular complexity index is 1330. The minimum Gasteiger partial charge on any atom is -0.355 e. The number of imidazole rings is 1. The number of carbonyl (C=O) groups excluding carboxylic acids is 2. The number of benzene rings is 2. The predicted octanol–water partition coefficient (Wildman–Crippen LogP) is 3.16. The van der Waals surface area contributed by atoms with Crippen molar-refractivity contribution < 1.29 is 9.59 Å². The van der Waals surface area contributed by atoms with Gasteiger partial charge < -0.3 is 15.2 Å². The SMILES string of the molecule is CNC(=O)c1cnc(-c2ccccc2)nc1CCNC(=O)c1ccc2c(c1)ncn2C1CC1. The average Bonchev–Trinajstić information content (AvgIpc) is 3.62. The molecule has 0 saturated heterocycles. The van der Waals surface area contributed by atoms with Crippen LogP contribution in [0.2, 0.25) is 0 Å². The second-order valence-electron chi connectivity index (χ2n) is 8.09. The highest BCUT2D eigenvalue weighted by Crippen LogP contribution is 2.37. The molecule has 4 aromatic rings. The molecule has 2 amide bonds. The summed E-state index contributed by atoms with van der Waals surface area (Å²) in [6.07, 6.45) is 6.15. The maximum Gasteiger partial charge on any atom is 0.254 e. The van der Waals surface area contributed by atoms with Gasteiger partial charge in [-0.2, -0.15) is 0 Å². The Kier molecular flexibility index (Phi) is 5.56. The number of carbonyl (C=O) groups is 2. The molecule has 1 fully saturated rings. The van der Waals surface area contributed by atoms with Gasteiger partial charge in [-0.05, 0) is 31.0 Å². The minimum atomic E-state index is -0.257. The van der Waals surface area contributed by atoms with Gasteiger partial charge >= 0.3 is 0 Å². The van der Waals surface area contributed by atoms with Crippen LogP contribution in [0.1, 0.15) is 45.3 Å². The van der Waals surface area contributed by atoms with Gasteiger partial charge in [-0.15, -0.1) is 0 Å². The van der Waals surface area contributed by atoms with Gasteiger partial charge in [-0.25, -0.2) is 15.0 Å². The summed E-state index contributed by atoms with van der Waals surface area (Å²) in [7, 11) is 1.57. The molecular formula is C25H24N6O2. The van der Waals surface area contributed by atoms with Gasteiger partial charge in [0.05, 0.1) is 28.6 Å². The molecule has 2 aromatic heterocycles. The second kappa shape index (κ2) is 8.82. The molecule has 8 heteroatoms. The first kappa shape index (κ1) is 20.8. The summed E-state index contributed by atoms with van der Waals surface area (Å²) >= 11 is 0. The Hall–Kier alpha value is -4.07. The lowest BCUT2D eigenvalue weighted by molar-refractivity contribution is 0.0952. The summed E-state index contributed by atoms with van der Waals surface area (Å²) in [4.78, 5) is 38.4. The molecule has 0 atom stereocenters. The summed E-state index contributed by atoms with van der Waals surface area (Å²) in [5, 5.41) is 5.55. The van der Waals surface area contributed by atoms with Crippen LogP contribution in [0.25, 0.3) is 22.4 Å². The molecule has 0 aliphatic heterocycles. The van der Waals surface area contributed by atoms with Gasteiger partial charge in [-0.1, -0.05) is 30.3 Å². The maximum atomic E-state index is 12.7. The maximum absolute atomic E-state index is 12.7. The van der Waals surface area contributed by atoms with E-state index < -0.39 is 0 Å². The second-order valence-corrected chi connectivity index (χ2v) is 8.09. The van der Waals surface area contributed by atoms with E-state index in [9.17, 15) is 9.59 Å². The van der Waals surface area contributed by atoms with Crippen LogP contribution >= 0.6 is 0 Å². The topological polar surface area (TPSA) is 102 Å². The number of rotatable bonds is 7. The van der Waals surface area contributed by atoms with Gasteiger partial charge in [0, 0.05) is 43.4 Å². The van der Waals surface area contributed by atoms with E-state index in [1.807, 2.05) is 54.9 Å². The molecule has 1 aliphatic rings. The number of hydrogen-bond acceptors (Lipinski definition) is 5. The van der Waals surface area contributed by atoms with Crippen molar-refractivity contribution in [2.45, 2.75) is 25.3 Å². The highest BCUT2D eigenvalue weighted by molar-refractivity contribution is 5.97. The zero-order valence-corrected chi connectivity index (χ0v) is 18.3. The lowest BCUT2D eigenvalue weighted by Gasteiger charge is -2.11. The highest BCUT2D eigenvalue weighted by Gasteiger charge is 2.25. The summed E-state index contributed by atoms with van der Waals surface area (Å²) < 4.78 is 2.18. The predicted molar refractivity (Wildman–Crippen MR) is 125 cm³/mol. The van der Waals surface area contributed by atoms with Crippen molar-refractivity contribution in [2.24, 2.45) is 0 Å². The van der Waals surface area contributed by atoms with E-state index in [0.29, 0.717) is 41.7 Å². The fourth-order valence-electron chi connectivity index (χ4n) is 3.87. The first-order chi connectivity index (χ1) is 16.1. The smallest absolute Gasteiger partial charge is 0.254 e. The van der Waals surface area contributed by atoms with Crippen LogP contribution in [0.5, 0.6) is 0 Å². The van der Waals surface area contributed by atoms with E-state index in [1.54, 1.807) is 7.05 Å². The molecular weight excluding hydrogens is 416 g/mol. The van der Waals surface area contributed by atoms with E-state index in [-0.39, 0.29) is 11.8 Å². The number of amides is 2. The molecule has 0 unspecified atom stereocenters. The molecule has 1 aliphatic carbocycles. The largest absolute Gasteiger partial charge is 0.355 e. The Labute approximate surface area is 191 Å². The molecule has 5 rings (SSSR count). The lowest BCUT2D eigenvalue weighted by atomic mass is 10.1. The third kappa shape index (κ3) is 4.32. The third-order valence-corrected chi connectivity index (χ3v) is 5.80. The number of fused-ring (bicyclic) bond motifs is 1. The van der Waals surface area contributed by atoms with E-state index >= 15 is 0 Å². The number of aromatic nitrogens is 4. The first-order valence-electron chi connectivity index (χ1n) is 11.0. The zero-order valence-electron chi connectivity index (χ0n) is 18.3. The van der Waals surface area contributed by atoms with Crippen molar-refractivity contribution in [1.29, 1.82) is 0 Å². The molecule has 1 saturated carbocycles. The summed E-state index contributed by atoms with van der Waals surface area (Å²) in [6, 6.07) is 15.7. The quantitative estimate of drug-likeness (QED) is 0.460. The zero-order chi connectivity index (χ0) is 22.8. The molecule has 0 spiro atoms. The molecule has 33 heavy (non-hydrogen) atoms. The molecule has 2 heterocycles. The first-order valence-corrected chi connectivity index (χ1v) is 11.0. The molecule has 0 bridgehead atoms. The summed E-state index contributed by atoms with van der Waals surface area (Å²) in [5.74, 6) is 0.102. The van der Waals surface area contributed by atoms with Crippen molar-refractivity contribution in [2.75, 3.05) is 13.6 Å². The highest BCUT2D eigenvalue weighted by atomic mass is 16.2. The third-order valence-electron chi connectivity index (χ3n) is 5.80. The Morgan fingerprint density at radius 3 is 2.64 bits per heavy atom. The summed E-state index contributed by atoms with van der Waals surface area (Å²) in [5.41, 5.74) is 4.28. The van der Waals surface area contributed by atoms with Crippen LogP contribution in [0.4, 0.5) is 0 Å². The molecule has 2 N–H and O–H groups in total. The van der Waals surface area contributed by atoms with Gasteiger partial charge in [0.25, 0.3) is 11.8 Å². The molecule has 2 aromatic carbocycles. The Morgan fingerprint density at radius 1 is 1.06 bits per heavy atom. The van der Waals surface area contributed by atoms with Crippen molar-refractivity contribution >= 4 is 22.8 Å². The fraction of sp³-hybridized carbons (Fsp3) is 0.240. The van der Waals surface area contributed by atoms with Crippen LogP contribution in [0.3, 0.4) is 0 Å². The van der Waals surface area contributed by atoms with Crippen molar-refractivity contribution in [1.82, 2.24) is 30.2 Å². The number of hydrogen-bond donors (Lipinski definition) is 2. The average molecular weight is 441 g/mol. The van der Waals surface area contributed by atoms with Gasteiger partial charge in [0.1, 0.15) is 0 Å². The van der Waals surface area contributed by atoms with Gasteiger partial charge in [0.15, 0.2) is 5.82 Å². The monoisotopic (exact) mass is 440 g/mol. The molecule has 8 nitrogen and oxygen atoms in total. The van der Waals surface area contributed by atoms with E-state index in [2.05, 4.69) is 30.2 Å². The Morgan fingerprint density at radius 2 is 1.88 bits per heavy atom. The molecule has 166 valence electrons. The van der Waals surface area contributed by atoms with Crippen molar-refractivity contribution in [3.05, 3.63) is 77.9 Å². The van der Waals surface area contributed by atoms with E-state index in [1.165, 1.54) is 19.0 Å². The Balaban J connectivity index is 1.30. The summed E-state index contributed by atoms with van der Waals surface area (Å²) in [6.45, 7) is 0.336. The van der Waals surface area contributed by atoms with Gasteiger partial charge in [-0.3, -0.25) is 9.59 Å². The number of nitrogens with one attached hydrogen (secondary N) is 2. The van der Waals surface area contributed by atoms with Gasteiger partial charge in [0.2, 0.25) is 0 Å². The van der Waals surface area contributed by atoms with E-state index in [0.717, 1.165) is 16.6 Å². The lowest BCUT2D eigenvalue weighted by Crippen LogP contribution is -2.27. The minimum absolute atomic E-state index is 0.184. The van der Waals surface area contributed by atoms with E-state index in [4.69, 9.17) is 0 Å². The van der Waals surface area contributed by atoms with Crippen LogP contribution < -0.4 is 10.6 Å².